The largest absolute Gasteiger partial charge is 0.392 e. The average Bonchev–Trinajstić information content (AvgIpc) is 1.68. The minimum absolute atomic E-state index is 0.0510. The normalized spacial score (nSPS) is 11.4. The Kier molecular flexibility index (Phi) is 3.24. The van der Waals surface area contributed by atoms with Crippen LogP contribution in [0.15, 0.2) is 11.6 Å². The fourth-order valence-electron chi connectivity index (χ4n) is 0.192. The van der Waals surface area contributed by atoms with Gasteiger partial charge in [-0.25, -0.2) is 0 Å². The predicted octanol–water partition coefficient (Wildman–Crippen LogP) is 0.124. The first-order chi connectivity index (χ1) is 3.31. The fraction of sp³-hybridized carbons (Fsp3) is 0.400. The van der Waals surface area contributed by atoms with Crippen LogP contribution in [0.5, 0.6) is 0 Å². The molecule has 0 atom stereocenters. The summed E-state index contributed by atoms with van der Waals surface area (Å²) < 4.78 is 0. The van der Waals surface area contributed by atoms with Crippen LogP contribution in [0.2, 0.25) is 0 Å². The van der Waals surface area contributed by atoms with Crippen molar-refractivity contribution in [2.24, 2.45) is 0 Å². The first-order valence-corrected chi connectivity index (χ1v) is 2.04. The molecule has 2 nitrogen and oxygen atoms in total. The van der Waals surface area contributed by atoms with Crippen molar-refractivity contribution < 1.29 is 9.90 Å². The second-order valence-corrected chi connectivity index (χ2v) is 1.25. The van der Waals surface area contributed by atoms with Gasteiger partial charge in [-0.15, -0.1) is 0 Å². The standard InChI is InChI=1S/C5H8O2/c1-5(4-7)2-3-6/h2,4,6H,3H2,1H3/b5-2+. The molecule has 0 amide bonds. The number of aliphatic hydroxyl groups excluding tert-OH is 1. The molecule has 0 aromatic rings. The van der Waals surface area contributed by atoms with E-state index in [-0.39, 0.29) is 6.61 Å². The molecule has 7 heavy (non-hydrogen) atoms. The quantitative estimate of drug-likeness (QED) is 0.395. The highest BCUT2D eigenvalue weighted by Crippen LogP contribution is 1.81. The summed E-state index contributed by atoms with van der Waals surface area (Å²) in [5, 5.41) is 8.13. The predicted molar refractivity (Wildman–Crippen MR) is 26.9 cm³/mol. The molecule has 0 bridgehead atoms. The lowest BCUT2D eigenvalue weighted by Gasteiger charge is -1.79. The molecule has 0 unspecified atom stereocenters. The van der Waals surface area contributed by atoms with E-state index in [1.807, 2.05) is 0 Å². The molecule has 0 radical (unpaired) electrons. The molecule has 0 heterocycles. The van der Waals surface area contributed by atoms with Crippen molar-refractivity contribution in [3.05, 3.63) is 11.6 Å². The lowest BCUT2D eigenvalue weighted by Crippen LogP contribution is -1.78. The molecule has 0 aliphatic rings. The van der Waals surface area contributed by atoms with Gasteiger partial charge in [0.25, 0.3) is 0 Å². The Morgan fingerprint density at radius 1 is 1.86 bits per heavy atom. The van der Waals surface area contributed by atoms with E-state index >= 15 is 0 Å². The van der Waals surface area contributed by atoms with E-state index in [4.69, 9.17) is 5.11 Å². The number of aldehydes is 1. The molecule has 0 saturated heterocycles. The smallest absolute Gasteiger partial charge is 0.145 e. The van der Waals surface area contributed by atoms with Gasteiger partial charge in [0.05, 0.1) is 6.61 Å². The van der Waals surface area contributed by atoms with Gasteiger partial charge in [-0.2, -0.15) is 0 Å². The molecule has 0 fully saturated rings. The minimum Gasteiger partial charge on any atom is -0.392 e. The van der Waals surface area contributed by atoms with Crippen molar-refractivity contribution in [1.82, 2.24) is 0 Å². The van der Waals surface area contributed by atoms with E-state index in [1.54, 1.807) is 6.92 Å². The van der Waals surface area contributed by atoms with Crippen LogP contribution in [-0.4, -0.2) is 18.0 Å². The zero-order chi connectivity index (χ0) is 5.70. The number of allylic oxidation sites excluding steroid dienone is 1. The molecule has 0 aliphatic heterocycles. The zero-order valence-electron chi connectivity index (χ0n) is 4.22. The molecule has 0 rings (SSSR count). The molecule has 1 N–H and O–H groups in total. The van der Waals surface area contributed by atoms with Crippen LogP contribution in [0, 0.1) is 0 Å². The van der Waals surface area contributed by atoms with Gasteiger partial charge in [-0.3, -0.25) is 4.79 Å². The molecule has 2 heteroatoms. The summed E-state index contributed by atoms with van der Waals surface area (Å²) in [5.41, 5.74) is 0.572. The van der Waals surface area contributed by atoms with Crippen molar-refractivity contribution in [2.45, 2.75) is 6.92 Å². The molecule has 0 saturated carbocycles. The van der Waals surface area contributed by atoms with Crippen LogP contribution in [-0.2, 0) is 4.79 Å². The van der Waals surface area contributed by atoms with Crippen LogP contribution in [0.3, 0.4) is 0 Å². The van der Waals surface area contributed by atoms with Gasteiger partial charge < -0.3 is 5.11 Å². The summed E-state index contributed by atoms with van der Waals surface area (Å²) in [6.45, 7) is 1.59. The van der Waals surface area contributed by atoms with E-state index < -0.39 is 0 Å². The topological polar surface area (TPSA) is 37.3 Å². The Balaban J connectivity index is 3.49. The van der Waals surface area contributed by atoms with Gasteiger partial charge in [-0.05, 0) is 12.5 Å². The van der Waals surface area contributed by atoms with Crippen molar-refractivity contribution in [1.29, 1.82) is 0 Å². The van der Waals surface area contributed by atoms with Gasteiger partial charge >= 0.3 is 0 Å². The maximum Gasteiger partial charge on any atom is 0.145 e. The van der Waals surface area contributed by atoms with Gasteiger partial charge in [0.1, 0.15) is 6.29 Å². The highest BCUT2D eigenvalue weighted by molar-refractivity contribution is 5.71. The first kappa shape index (κ1) is 6.37. The number of rotatable bonds is 2. The highest BCUT2D eigenvalue weighted by atomic mass is 16.2. The maximum absolute atomic E-state index is 9.72. The molecular formula is C5H8O2. The second kappa shape index (κ2) is 3.56. The van der Waals surface area contributed by atoms with Crippen LogP contribution in [0.4, 0.5) is 0 Å². The van der Waals surface area contributed by atoms with Gasteiger partial charge in [0.2, 0.25) is 0 Å². The lowest BCUT2D eigenvalue weighted by atomic mass is 10.3. The number of carbonyl (C=O) groups is 1. The Bertz CT molecular complexity index is 84.1. The van der Waals surface area contributed by atoms with E-state index in [1.165, 1.54) is 6.08 Å². The number of hydrogen-bond donors (Lipinski definition) is 1. The monoisotopic (exact) mass is 100 g/mol. The fourth-order valence-corrected chi connectivity index (χ4v) is 0.192. The summed E-state index contributed by atoms with van der Waals surface area (Å²) in [6, 6.07) is 0. The van der Waals surface area contributed by atoms with Crippen LogP contribution >= 0.6 is 0 Å². The number of carbonyl (C=O) groups excluding carboxylic acids is 1. The van der Waals surface area contributed by atoms with Crippen LogP contribution in [0.1, 0.15) is 6.92 Å². The zero-order valence-corrected chi connectivity index (χ0v) is 4.22. The van der Waals surface area contributed by atoms with Crippen molar-refractivity contribution in [3.8, 4) is 0 Å². The summed E-state index contributed by atoms with van der Waals surface area (Å²) in [4.78, 5) is 9.72. The minimum atomic E-state index is -0.0510. The van der Waals surface area contributed by atoms with Crippen LogP contribution in [0.25, 0.3) is 0 Å². The first-order valence-electron chi connectivity index (χ1n) is 2.04. The summed E-state index contributed by atoms with van der Waals surface area (Å²) in [7, 11) is 0. The van der Waals surface area contributed by atoms with E-state index in [0.29, 0.717) is 11.9 Å². The third-order valence-electron chi connectivity index (χ3n) is 0.599. The van der Waals surface area contributed by atoms with Crippen molar-refractivity contribution in [2.75, 3.05) is 6.61 Å². The number of hydrogen-bond acceptors (Lipinski definition) is 2. The summed E-state index contributed by atoms with van der Waals surface area (Å²) in [6.07, 6.45) is 2.16. The van der Waals surface area contributed by atoms with Gasteiger partial charge in [-0.1, -0.05) is 6.08 Å². The van der Waals surface area contributed by atoms with Crippen LogP contribution < -0.4 is 0 Å². The average molecular weight is 100 g/mol. The summed E-state index contributed by atoms with van der Waals surface area (Å²) >= 11 is 0. The molecule has 0 aliphatic carbocycles. The maximum atomic E-state index is 9.72. The van der Waals surface area contributed by atoms with Gasteiger partial charge in [0.15, 0.2) is 0 Å². The molecule has 0 aromatic carbocycles. The third-order valence-corrected chi connectivity index (χ3v) is 0.599. The number of aliphatic hydroxyl groups is 1. The van der Waals surface area contributed by atoms with E-state index in [0.717, 1.165) is 0 Å². The second-order valence-electron chi connectivity index (χ2n) is 1.25. The SMILES string of the molecule is C/C(C=O)=C\CO. The Morgan fingerprint density at radius 2 is 2.43 bits per heavy atom. The Labute approximate surface area is 42.5 Å². The summed E-state index contributed by atoms with van der Waals surface area (Å²) in [5.74, 6) is 0. The Hall–Kier alpha value is -0.630. The molecule has 0 spiro atoms. The Morgan fingerprint density at radius 3 is 2.57 bits per heavy atom. The van der Waals surface area contributed by atoms with Crippen molar-refractivity contribution in [3.63, 3.8) is 0 Å². The van der Waals surface area contributed by atoms with E-state index in [9.17, 15) is 4.79 Å². The van der Waals surface area contributed by atoms with Gasteiger partial charge in [0, 0.05) is 0 Å². The lowest BCUT2D eigenvalue weighted by molar-refractivity contribution is -0.104. The molecule has 0 aromatic heterocycles. The molecule has 40 valence electrons. The van der Waals surface area contributed by atoms with E-state index in [2.05, 4.69) is 0 Å². The molecular weight excluding hydrogens is 92.1 g/mol. The third kappa shape index (κ3) is 3.19. The van der Waals surface area contributed by atoms with Crippen molar-refractivity contribution >= 4 is 6.29 Å². The highest BCUT2D eigenvalue weighted by Gasteiger charge is 1.77.